The minimum absolute atomic E-state index is 0.0504. The van der Waals surface area contributed by atoms with Gasteiger partial charge in [-0.25, -0.2) is 4.79 Å². The van der Waals surface area contributed by atoms with E-state index >= 15 is 0 Å². The number of methoxy groups -OCH3 is 1. The Balaban J connectivity index is 1.58. The summed E-state index contributed by atoms with van der Waals surface area (Å²) in [4.78, 5) is 25.4. The number of nitrogens with one attached hydrogen (secondary N) is 1. The third-order valence-corrected chi connectivity index (χ3v) is 6.21. The number of esters is 1. The Labute approximate surface area is 224 Å². The lowest BCUT2D eigenvalue weighted by molar-refractivity contribution is -0.144. The monoisotopic (exact) mass is 561 g/mol. The quantitative estimate of drug-likeness (QED) is 0.201. The van der Waals surface area contributed by atoms with Crippen LogP contribution in [0.15, 0.2) is 78.9 Å². The molecule has 208 valence electrons. The molecule has 4 aromatic carbocycles. The highest BCUT2D eigenvalue weighted by atomic mass is 19.4. The van der Waals surface area contributed by atoms with Crippen LogP contribution in [0.2, 0.25) is 0 Å². The van der Waals surface area contributed by atoms with Crippen LogP contribution in [0.1, 0.15) is 27.0 Å². The first-order chi connectivity index (χ1) is 18.8. The van der Waals surface area contributed by atoms with Gasteiger partial charge in [0, 0.05) is 6.42 Å². The van der Waals surface area contributed by atoms with Crippen molar-refractivity contribution in [2.75, 3.05) is 7.11 Å². The second-order valence-electron chi connectivity index (χ2n) is 8.96. The zero-order valence-corrected chi connectivity index (χ0v) is 20.7. The molecule has 0 bridgehead atoms. The number of phenolic OH excluding ortho intramolecular Hbond substituents is 1. The molecule has 11 heteroatoms. The first kappa shape index (κ1) is 28.5. The van der Waals surface area contributed by atoms with Gasteiger partial charge in [-0.15, -0.1) is 0 Å². The zero-order valence-electron chi connectivity index (χ0n) is 20.7. The average molecular weight is 561 g/mol. The predicted octanol–water partition coefficient (Wildman–Crippen LogP) is 6.76. The Morgan fingerprint density at radius 2 is 1.35 bits per heavy atom. The molecule has 0 aliphatic carbocycles. The first-order valence-corrected chi connectivity index (χ1v) is 11.8. The number of carbonyl (C=O) groups is 2. The van der Waals surface area contributed by atoms with E-state index < -0.39 is 41.4 Å². The molecule has 0 radical (unpaired) electrons. The number of hydrogen-bond acceptors (Lipinski definition) is 4. The van der Waals surface area contributed by atoms with E-state index in [1.807, 2.05) is 0 Å². The molecule has 0 saturated carbocycles. The van der Waals surface area contributed by atoms with Gasteiger partial charge in [0.1, 0.15) is 11.8 Å². The molecular weight excluding hydrogens is 540 g/mol. The number of alkyl halides is 6. The van der Waals surface area contributed by atoms with Crippen molar-refractivity contribution < 1.29 is 45.8 Å². The van der Waals surface area contributed by atoms with Crippen LogP contribution < -0.4 is 5.32 Å². The van der Waals surface area contributed by atoms with Crippen LogP contribution in [0.3, 0.4) is 0 Å². The second kappa shape index (κ2) is 10.9. The number of ether oxygens (including phenoxy) is 1. The molecule has 0 aliphatic rings. The van der Waals surface area contributed by atoms with Crippen molar-refractivity contribution in [1.82, 2.24) is 5.32 Å². The van der Waals surface area contributed by atoms with Gasteiger partial charge in [-0.3, -0.25) is 4.79 Å². The van der Waals surface area contributed by atoms with E-state index in [-0.39, 0.29) is 34.9 Å². The molecule has 2 N–H and O–H groups in total. The maximum absolute atomic E-state index is 13.2. The normalized spacial score (nSPS) is 12.7. The predicted molar refractivity (Wildman–Crippen MR) is 134 cm³/mol. The van der Waals surface area contributed by atoms with E-state index in [9.17, 15) is 41.0 Å². The average Bonchev–Trinajstić information content (AvgIpc) is 2.91. The minimum Gasteiger partial charge on any atom is -0.507 e. The van der Waals surface area contributed by atoms with Crippen LogP contribution in [-0.4, -0.2) is 30.1 Å². The van der Waals surface area contributed by atoms with Crippen LogP contribution >= 0.6 is 0 Å². The summed E-state index contributed by atoms with van der Waals surface area (Å²) in [6.07, 6.45) is -10.1. The molecule has 0 unspecified atom stereocenters. The first-order valence-electron chi connectivity index (χ1n) is 11.8. The van der Waals surface area contributed by atoms with Crippen LogP contribution in [-0.2, 0) is 28.3 Å². The lowest BCUT2D eigenvalue weighted by atomic mass is 9.97. The Morgan fingerprint density at radius 3 is 1.88 bits per heavy atom. The van der Waals surface area contributed by atoms with Gasteiger partial charge in [-0.05, 0) is 57.8 Å². The van der Waals surface area contributed by atoms with E-state index in [1.54, 1.807) is 24.3 Å². The lowest BCUT2D eigenvalue weighted by Gasteiger charge is -2.18. The molecule has 1 atom stereocenters. The molecule has 5 nitrogen and oxygen atoms in total. The maximum Gasteiger partial charge on any atom is 0.416 e. The highest BCUT2D eigenvalue weighted by molar-refractivity contribution is 6.02. The molecule has 4 aromatic rings. The van der Waals surface area contributed by atoms with Crippen molar-refractivity contribution in [2.24, 2.45) is 0 Å². The Hall–Kier alpha value is -4.54. The SMILES string of the molecule is COC(=O)[C@H](Cc1ccc(-c2cc(C(F)(F)F)cc(C(F)(F)F)c2)cc1)NC(=O)c1cc2ccccc2cc1O. The Morgan fingerprint density at radius 1 is 0.800 bits per heavy atom. The third kappa shape index (κ3) is 6.36. The van der Waals surface area contributed by atoms with E-state index in [4.69, 9.17) is 4.74 Å². The molecule has 0 heterocycles. The smallest absolute Gasteiger partial charge is 0.416 e. The van der Waals surface area contributed by atoms with Gasteiger partial charge in [0.25, 0.3) is 5.91 Å². The molecule has 4 rings (SSSR count). The van der Waals surface area contributed by atoms with Gasteiger partial charge in [0.15, 0.2) is 0 Å². The number of benzene rings is 4. The molecule has 0 saturated heterocycles. The van der Waals surface area contributed by atoms with Crippen molar-refractivity contribution in [2.45, 2.75) is 24.8 Å². The highest BCUT2D eigenvalue weighted by Gasteiger charge is 2.37. The summed E-state index contributed by atoms with van der Waals surface area (Å²) < 4.78 is 84.2. The summed E-state index contributed by atoms with van der Waals surface area (Å²) in [6.45, 7) is 0. The fourth-order valence-corrected chi connectivity index (χ4v) is 4.17. The number of hydrogen-bond donors (Lipinski definition) is 2. The number of aromatic hydroxyl groups is 1. The summed E-state index contributed by atoms with van der Waals surface area (Å²) in [5, 5.41) is 14.2. The van der Waals surface area contributed by atoms with Gasteiger partial charge in [0.2, 0.25) is 0 Å². The standard InChI is InChI=1S/C29H21F6NO4/c1-40-27(39)24(36-26(38)23-13-18-4-2-3-5-19(18)14-25(23)37)10-16-6-8-17(9-7-16)20-11-21(28(30,31)32)15-22(12-20)29(33,34)35/h2-9,11-15,24,37H,10H2,1H3,(H,36,38)/t24-/m0/s1. The van der Waals surface area contributed by atoms with Crippen molar-refractivity contribution in [3.05, 3.63) is 101 Å². The van der Waals surface area contributed by atoms with E-state index in [0.717, 1.165) is 7.11 Å². The van der Waals surface area contributed by atoms with Crippen molar-refractivity contribution in [3.63, 3.8) is 0 Å². The van der Waals surface area contributed by atoms with Crippen LogP contribution in [0.4, 0.5) is 26.3 Å². The van der Waals surface area contributed by atoms with Gasteiger partial charge < -0.3 is 15.2 Å². The zero-order chi connectivity index (χ0) is 29.2. The molecular formula is C29H21F6NO4. The Bertz CT molecular complexity index is 1530. The number of phenols is 1. The van der Waals surface area contributed by atoms with E-state index in [1.165, 1.54) is 36.4 Å². The summed E-state index contributed by atoms with van der Waals surface area (Å²) >= 11 is 0. The van der Waals surface area contributed by atoms with E-state index in [0.29, 0.717) is 28.5 Å². The largest absolute Gasteiger partial charge is 0.507 e. The summed E-state index contributed by atoms with van der Waals surface area (Å²) in [5.41, 5.74) is -2.73. The van der Waals surface area contributed by atoms with Gasteiger partial charge in [-0.2, -0.15) is 26.3 Å². The number of halogens is 6. The molecule has 1 amide bonds. The van der Waals surface area contributed by atoms with Crippen LogP contribution in [0, 0.1) is 0 Å². The van der Waals surface area contributed by atoms with Gasteiger partial charge in [-0.1, -0.05) is 48.5 Å². The molecule has 0 fully saturated rings. The topological polar surface area (TPSA) is 75.6 Å². The second-order valence-corrected chi connectivity index (χ2v) is 8.96. The number of rotatable bonds is 6. The van der Waals surface area contributed by atoms with Crippen LogP contribution in [0.25, 0.3) is 21.9 Å². The third-order valence-electron chi connectivity index (χ3n) is 6.21. The highest BCUT2D eigenvalue weighted by Crippen LogP contribution is 2.38. The van der Waals surface area contributed by atoms with Crippen LogP contribution in [0.5, 0.6) is 5.75 Å². The fraction of sp³-hybridized carbons (Fsp3) is 0.172. The Kier molecular flexibility index (Phi) is 7.77. The number of carbonyl (C=O) groups excluding carboxylic acids is 2. The van der Waals surface area contributed by atoms with Crippen molar-refractivity contribution >= 4 is 22.6 Å². The fourth-order valence-electron chi connectivity index (χ4n) is 4.17. The van der Waals surface area contributed by atoms with Gasteiger partial charge >= 0.3 is 18.3 Å². The van der Waals surface area contributed by atoms with Gasteiger partial charge in [0.05, 0.1) is 23.8 Å². The number of amides is 1. The molecule has 0 aliphatic heterocycles. The lowest BCUT2D eigenvalue weighted by Crippen LogP contribution is -2.43. The number of fused-ring (bicyclic) bond motifs is 1. The van der Waals surface area contributed by atoms with E-state index in [2.05, 4.69) is 5.32 Å². The summed E-state index contributed by atoms with van der Waals surface area (Å²) in [5.74, 6) is -1.85. The molecule has 0 spiro atoms. The molecule has 40 heavy (non-hydrogen) atoms. The summed E-state index contributed by atoms with van der Waals surface area (Å²) in [7, 11) is 1.12. The van der Waals surface area contributed by atoms with Crippen molar-refractivity contribution in [3.8, 4) is 16.9 Å². The minimum atomic E-state index is -4.98. The maximum atomic E-state index is 13.2. The van der Waals surface area contributed by atoms with Crippen molar-refractivity contribution in [1.29, 1.82) is 0 Å². The summed E-state index contributed by atoms with van der Waals surface area (Å²) in [6, 6.07) is 15.4. The molecule has 0 aromatic heterocycles.